The Morgan fingerprint density at radius 2 is 1.92 bits per heavy atom. The van der Waals surface area contributed by atoms with Gasteiger partial charge >= 0.3 is 0 Å². The van der Waals surface area contributed by atoms with Crippen LogP contribution in [0.2, 0.25) is 0 Å². The Morgan fingerprint density at radius 3 is 2.69 bits per heavy atom. The number of likely N-dealkylation sites (tertiary alicyclic amines) is 1. The summed E-state index contributed by atoms with van der Waals surface area (Å²) < 4.78 is 15.5. The lowest BCUT2D eigenvalue weighted by Gasteiger charge is -2.22. The molecule has 3 aromatic rings. The summed E-state index contributed by atoms with van der Waals surface area (Å²) in [6, 6.07) is 6.59. The van der Waals surface area contributed by atoms with Crippen molar-refractivity contribution in [2.24, 2.45) is 11.8 Å². The van der Waals surface area contributed by atoms with Gasteiger partial charge in [-0.1, -0.05) is 0 Å². The van der Waals surface area contributed by atoms with Crippen LogP contribution >= 0.6 is 0 Å². The van der Waals surface area contributed by atoms with Gasteiger partial charge in [0, 0.05) is 44.2 Å². The lowest BCUT2D eigenvalue weighted by Crippen LogP contribution is -2.34. The number of carbonyl (C=O) groups is 1. The zero-order valence-corrected chi connectivity index (χ0v) is 13.9. The van der Waals surface area contributed by atoms with E-state index in [2.05, 4.69) is 25.2 Å². The van der Waals surface area contributed by atoms with Crippen LogP contribution in [0.25, 0.3) is 5.65 Å². The maximum atomic E-state index is 13.8. The predicted molar refractivity (Wildman–Crippen MR) is 90.1 cm³/mol. The van der Waals surface area contributed by atoms with Gasteiger partial charge < -0.3 is 9.80 Å². The second-order valence-corrected chi connectivity index (χ2v) is 6.79. The van der Waals surface area contributed by atoms with E-state index in [0.29, 0.717) is 30.6 Å². The van der Waals surface area contributed by atoms with Crippen molar-refractivity contribution in [3.63, 3.8) is 0 Å². The van der Waals surface area contributed by atoms with Gasteiger partial charge in [-0.15, -0.1) is 15.3 Å². The van der Waals surface area contributed by atoms with E-state index in [1.807, 2.05) is 12.1 Å². The first-order chi connectivity index (χ1) is 12.7. The molecule has 5 rings (SSSR count). The van der Waals surface area contributed by atoms with Crippen LogP contribution in [0.3, 0.4) is 0 Å². The average Bonchev–Trinajstić information content (AvgIpc) is 3.35. The van der Waals surface area contributed by atoms with E-state index in [1.165, 1.54) is 18.3 Å². The molecule has 0 aliphatic carbocycles. The highest BCUT2D eigenvalue weighted by atomic mass is 19.1. The Balaban J connectivity index is 1.30. The highest BCUT2D eigenvalue weighted by Crippen LogP contribution is 2.33. The maximum absolute atomic E-state index is 13.8. The van der Waals surface area contributed by atoms with E-state index in [-0.39, 0.29) is 11.6 Å². The van der Waals surface area contributed by atoms with Crippen molar-refractivity contribution in [1.29, 1.82) is 0 Å². The van der Waals surface area contributed by atoms with Crippen LogP contribution < -0.4 is 4.90 Å². The molecule has 132 valence electrons. The van der Waals surface area contributed by atoms with Gasteiger partial charge in [0.2, 0.25) is 0 Å². The number of anilines is 1. The number of carbonyl (C=O) groups excluding carboxylic acids is 1. The number of halogens is 1. The normalized spacial score (nSPS) is 22.2. The van der Waals surface area contributed by atoms with Crippen molar-refractivity contribution < 1.29 is 9.18 Å². The lowest BCUT2D eigenvalue weighted by molar-refractivity contribution is 0.0771. The van der Waals surface area contributed by atoms with Crippen LogP contribution in [0.15, 0.2) is 36.8 Å². The Morgan fingerprint density at radius 1 is 1.12 bits per heavy atom. The monoisotopic (exact) mass is 353 g/mol. The molecule has 0 saturated carbocycles. The highest BCUT2D eigenvalue weighted by molar-refractivity contribution is 5.92. The largest absolute Gasteiger partial charge is 0.354 e. The number of aromatic nitrogens is 5. The van der Waals surface area contributed by atoms with Crippen LogP contribution in [0, 0.1) is 17.7 Å². The number of amides is 1. The fourth-order valence-electron chi connectivity index (χ4n) is 3.93. The first-order valence-electron chi connectivity index (χ1n) is 8.51. The molecule has 0 bridgehead atoms. The molecule has 2 atom stereocenters. The summed E-state index contributed by atoms with van der Waals surface area (Å²) in [5.74, 6) is 0.685. The first kappa shape index (κ1) is 15.2. The third-order valence-electron chi connectivity index (χ3n) is 5.21. The summed E-state index contributed by atoms with van der Waals surface area (Å²) >= 11 is 0. The zero-order chi connectivity index (χ0) is 17.7. The number of hydrogen-bond acceptors (Lipinski definition) is 6. The summed E-state index contributed by atoms with van der Waals surface area (Å²) in [4.78, 5) is 20.4. The van der Waals surface area contributed by atoms with E-state index in [9.17, 15) is 9.18 Å². The van der Waals surface area contributed by atoms with Crippen LogP contribution in [-0.4, -0.2) is 61.8 Å². The summed E-state index contributed by atoms with van der Waals surface area (Å²) in [6.45, 7) is 2.87. The Bertz CT molecular complexity index is 976. The summed E-state index contributed by atoms with van der Waals surface area (Å²) in [6.07, 6.45) is 3.03. The molecule has 8 nitrogen and oxygen atoms in total. The van der Waals surface area contributed by atoms with E-state index < -0.39 is 5.82 Å². The molecular formula is C17H16FN7O. The van der Waals surface area contributed by atoms with Crippen molar-refractivity contribution >= 4 is 17.4 Å². The number of nitrogens with zero attached hydrogens (tertiary/aromatic N) is 7. The van der Waals surface area contributed by atoms with E-state index in [4.69, 9.17) is 0 Å². The quantitative estimate of drug-likeness (QED) is 0.680. The molecule has 2 aliphatic rings. The number of pyridine rings is 1. The Hall–Kier alpha value is -3.10. The fraction of sp³-hybridized carbons (Fsp3) is 0.353. The van der Waals surface area contributed by atoms with Gasteiger partial charge in [0.25, 0.3) is 5.91 Å². The Labute approximate surface area is 148 Å². The molecule has 5 heterocycles. The third-order valence-corrected chi connectivity index (χ3v) is 5.21. The van der Waals surface area contributed by atoms with Crippen molar-refractivity contribution in [3.05, 3.63) is 48.3 Å². The molecule has 26 heavy (non-hydrogen) atoms. The minimum absolute atomic E-state index is 0.0935. The molecular weight excluding hydrogens is 337 g/mol. The first-order valence-corrected chi connectivity index (χ1v) is 8.51. The van der Waals surface area contributed by atoms with Gasteiger partial charge in [-0.2, -0.15) is 4.52 Å². The molecule has 2 unspecified atom stereocenters. The van der Waals surface area contributed by atoms with Crippen molar-refractivity contribution in [2.45, 2.75) is 0 Å². The molecule has 2 aliphatic heterocycles. The fourth-order valence-corrected chi connectivity index (χ4v) is 3.93. The van der Waals surface area contributed by atoms with E-state index in [1.54, 1.807) is 15.7 Å². The van der Waals surface area contributed by atoms with E-state index in [0.717, 1.165) is 18.9 Å². The standard InChI is InChI=1S/C17H16FN7O/c18-13-2-1-5-19-16(13)17(26)24-8-11-6-23(7-12(11)9-24)15-4-3-14-21-20-10-25(14)22-15/h1-5,10-12H,6-9H2. The number of hydrogen-bond donors (Lipinski definition) is 0. The summed E-state index contributed by atoms with van der Waals surface area (Å²) in [5, 5.41) is 12.3. The Kier molecular flexibility index (Phi) is 3.34. The van der Waals surface area contributed by atoms with Crippen molar-refractivity contribution in [3.8, 4) is 0 Å². The molecule has 2 fully saturated rings. The van der Waals surface area contributed by atoms with Gasteiger partial charge in [-0.25, -0.2) is 9.37 Å². The average molecular weight is 353 g/mol. The predicted octanol–water partition coefficient (Wildman–Crippen LogP) is 0.867. The zero-order valence-electron chi connectivity index (χ0n) is 13.9. The van der Waals surface area contributed by atoms with Crippen LogP contribution in [0.4, 0.5) is 10.2 Å². The van der Waals surface area contributed by atoms with Crippen LogP contribution in [0.1, 0.15) is 10.5 Å². The van der Waals surface area contributed by atoms with Gasteiger partial charge in [0.15, 0.2) is 17.2 Å². The maximum Gasteiger partial charge on any atom is 0.275 e. The van der Waals surface area contributed by atoms with Gasteiger partial charge in [-0.3, -0.25) is 4.79 Å². The molecule has 3 aromatic heterocycles. The minimum Gasteiger partial charge on any atom is -0.354 e. The molecule has 9 heteroatoms. The molecule has 0 N–H and O–H groups in total. The second kappa shape index (κ2) is 5.72. The van der Waals surface area contributed by atoms with Gasteiger partial charge in [-0.05, 0) is 24.3 Å². The third kappa shape index (κ3) is 2.39. The number of rotatable bonds is 2. The van der Waals surface area contributed by atoms with E-state index >= 15 is 0 Å². The molecule has 0 radical (unpaired) electrons. The highest BCUT2D eigenvalue weighted by Gasteiger charge is 2.42. The minimum atomic E-state index is -0.567. The topological polar surface area (TPSA) is 79.5 Å². The molecule has 0 spiro atoms. The second-order valence-electron chi connectivity index (χ2n) is 6.79. The van der Waals surface area contributed by atoms with Crippen LogP contribution in [-0.2, 0) is 0 Å². The molecule has 0 aromatic carbocycles. The number of fused-ring (bicyclic) bond motifs is 2. The van der Waals surface area contributed by atoms with Crippen LogP contribution in [0.5, 0.6) is 0 Å². The van der Waals surface area contributed by atoms with Crippen molar-refractivity contribution in [1.82, 2.24) is 29.7 Å². The summed E-state index contributed by atoms with van der Waals surface area (Å²) in [5.41, 5.74) is 0.617. The van der Waals surface area contributed by atoms with Gasteiger partial charge in [0.05, 0.1) is 0 Å². The smallest absolute Gasteiger partial charge is 0.275 e. The molecule has 1 amide bonds. The van der Waals surface area contributed by atoms with Crippen molar-refractivity contribution in [2.75, 3.05) is 31.1 Å². The van der Waals surface area contributed by atoms with Gasteiger partial charge in [0.1, 0.15) is 12.1 Å². The SMILES string of the molecule is O=C(c1ncccc1F)N1CC2CN(c3ccc4nncn4n3)CC2C1. The lowest BCUT2D eigenvalue weighted by atomic mass is 10.0. The summed E-state index contributed by atoms with van der Waals surface area (Å²) in [7, 11) is 0. The molecule has 2 saturated heterocycles.